The van der Waals surface area contributed by atoms with E-state index in [4.69, 9.17) is 16.3 Å². The summed E-state index contributed by atoms with van der Waals surface area (Å²) in [7, 11) is 1.64. The smallest absolute Gasteiger partial charge is 0.186 e. The molecule has 2 aromatic heterocycles. The molecule has 0 spiro atoms. The first kappa shape index (κ1) is 15.4. The summed E-state index contributed by atoms with van der Waals surface area (Å²) in [4.78, 5) is 0. The Morgan fingerprint density at radius 1 is 0.960 bits per heavy atom. The third kappa shape index (κ3) is 2.99. The summed E-state index contributed by atoms with van der Waals surface area (Å²) < 4.78 is 6.84. The van der Waals surface area contributed by atoms with E-state index in [-0.39, 0.29) is 0 Å². The van der Waals surface area contributed by atoms with Crippen molar-refractivity contribution in [3.63, 3.8) is 0 Å². The lowest BCUT2D eigenvalue weighted by molar-refractivity contribution is 0.415. The fourth-order valence-electron chi connectivity index (χ4n) is 2.49. The molecular formula is C18H14ClN5O. The van der Waals surface area contributed by atoms with Crippen LogP contribution in [0, 0.1) is 0 Å². The minimum Gasteiger partial charge on any atom is -0.497 e. The van der Waals surface area contributed by atoms with Gasteiger partial charge in [-0.1, -0.05) is 23.7 Å². The van der Waals surface area contributed by atoms with E-state index in [0.29, 0.717) is 22.3 Å². The number of methoxy groups -OCH3 is 1. The van der Waals surface area contributed by atoms with Gasteiger partial charge in [0, 0.05) is 11.3 Å². The van der Waals surface area contributed by atoms with Crippen LogP contribution in [0.25, 0.3) is 17.0 Å². The maximum atomic E-state index is 6.28. The molecule has 124 valence electrons. The molecule has 6 nitrogen and oxygen atoms in total. The molecule has 25 heavy (non-hydrogen) atoms. The van der Waals surface area contributed by atoms with E-state index < -0.39 is 0 Å². The van der Waals surface area contributed by atoms with Gasteiger partial charge in [0.25, 0.3) is 0 Å². The number of anilines is 2. The predicted molar refractivity (Wildman–Crippen MR) is 97.5 cm³/mol. The molecule has 1 N–H and O–H groups in total. The van der Waals surface area contributed by atoms with E-state index in [1.807, 2.05) is 60.7 Å². The third-order valence-corrected chi connectivity index (χ3v) is 4.07. The monoisotopic (exact) mass is 351 g/mol. The van der Waals surface area contributed by atoms with Gasteiger partial charge >= 0.3 is 0 Å². The Labute approximate surface area is 149 Å². The van der Waals surface area contributed by atoms with Crippen molar-refractivity contribution >= 4 is 28.8 Å². The summed E-state index contributed by atoms with van der Waals surface area (Å²) in [5.41, 5.74) is 2.33. The van der Waals surface area contributed by atoms with Crippen molar-refractivity contribution in [2.24, 2.45) is 0 Å². The van der Waals surface area contributed by atoms with Crippen molar-refractivity contribution in [2.45, 2.75) is 0 Å². The second-order valence-electron chi connectivity index (χ2n) is 5.35. The molecule has 0 aliphatic carbocycles. The Kier molecular flexibility index (Phi) is 3.95. The minimum atomic E-state index is 0.596. The molecule has 0 atom stereocenters. The van der Waals surface area contributed by atoms with E-state index in [0.717, 1.165) is 17.0 Å². The number of ether oxygens (including phenoxy) is 1. The molecule has 7 heteroatoms. The van der Waals surface area contributed by atoms with Crippen LogP contribution in [0.1, 0.15) is 0 Å². The molecule has 2 aromatic carbocycles. The molecule has 2 heterocycles. The molecule has 0 unspecified atom stereocenters. The standard InChI is InChI=1S/C18H14ClN5O/c1-25-13-8-6-12(7-9-13)20-16-10-11-17-21-22-18(24(17)23-16)14-4-2-3-5-15(14)19/h2-11H,1H3,(H,20,23). The van der Waals surface area contributed by atoms with Gasteiger partial charge in [-0.15, -0.1) is 15.3 Å². The molecule has 0 aliphatic rings. The first-order chi connectivity index (χ1) is 12.2. The summed E-state index contributed by atoms with van der Waals surface area (Å²) in [5, 5.41) is 16.8. The van der Waals surface area contributed by atoms with E-state index in [9.17, 15) is 0 Å². The van der Waals surface area contributed by atoms with Gasteiger partial charge in [-0.25, -0.2) is 0 Å². The topological polar surface area (TPSA) is 64.3 Å². The fourth-order valence-corrected chi connectivity index (χ4v) is 2.71. The fraction of sp³-hybridized carbons (Fsp3) is 0.0556. The van der Waals surface area contributed by atoms with Crippen LogP contribution in [0.3, 0.4) is 0 Å². The van der Waals surface area contributed by atoms with Crippen LogP contribution < -0.4 is 10.1 Å². The Bertz CT molecular complexity index is 1030. The lowest BCUT2D eigenvalue weighted by Crippen LogP contribution is -2.00. The second-order valence-corrected chi connectivity index (χ2v) is 5.75. The second kappa shape index (κ2) is 6.41. The van der Waals surface area contributed by atoms with Gasteiger partial charge in [0.15, 0.2) is 17.3 Å². The molecule has 0 saturated heterocycles. The summed E-state index contributed by atoms with van der Waals surface area (Å²) in [5.74, 6) is 2.07. The molecule has 0 amide bonds. The van der Waals surface area contributed by atoms with E-state index in [1.165, 1.54) is 0 Å². The van der Waals surface area contributed by atoms with Crippen molar-refractivity contribution in [3.8, 4) is 17.1 Å². The normalized spacial score (nSPS) is 10.8. The zero-order valence-electron chi connectivity index (χ0n) is 13.3. The third-order valence-electron chi connectivity index (χ3n) is 3.74. The largest absolute Gasteiger partial charge is 0.497 e. The minimum absolute atomic E-state index is 0.596. The molecule has 0 bridgehead atoms. The number of halogens is 1. The molecule has 4 aromatic rings. The van der Waals surface area contributed by atoms with Gasteiger partial charge in [-0.2, -0.15) is 4.52 Å². The van der Waals surface area contributed by atoms with Crippen molar-refractivity contribution < 1.29 is 4.74 Å². The number of hydrogen-bond donors (Lipinski definition) is 1. The zero-order chi connectivity index (χ0) is 17.2. The predicted octanol–water partition coefficient (Wildman–Crippen LogP) is 4.20. The van der Waals surface area contributed by atoms with E-state index in [2.05, 4.69) is 20.6 Å². The number of aromatic nitrogens is 4. The zero-order valence-corrected chi connectivity index (χ0v) is 14.1. The Balaban J connectivity index is 1.72. The maximum Gasteiger partial charge on any atom is 0.186 e. The quantitative estimate of drug-likeness (QED) is 0.597. The Hall–Kier alpha value is -3.12. The molecule has 0 saturated carbocycles. The van der Waals surface area contributed by atoms with Gasteiger partial charge < -0.3 is 10.1 Å². The maximum absolute atomic E-state index is 6.28. The van der Waals surface area contributed by atoms with Crippen LogP contribution in [-0.2, 0) is 0 Å². The van der Waals surface area contributed by atoms with Crippen molar-refractivity contribution in [1.82, 2.24) is 19.8 Å². The molecular weight excluding hydrogens is 338 g/mol. The van der Waals surface area contributed by atoms with Gasteiger partial charge in [0.05, 0.1) is 12.1 Å². The van der Waals surface area contributed by atoms with Gasteiger partial charge in [-0.05, 0) is 48.5 Å². The first-order valence-electron chi connectivity index (χ1n) is 7.63. The number of nitrogens with one attached hydrogen (secondary N) is 1. The molecule has 0 radical (unpaired) electrons. The summed E-state index contributed by atoms with van der Waals surface area (Å²) >= 11 is 6.28. The highest BCUT2D eigenvalue weighted by molar-refractivity contribution is 6.33. The number of hydrogen-bond acceptors (Lipinski definition) is 5. The first-order valence-corrected chi connectivity index (χ1v) is 8.01. The van der Waals surface area contributed by atoms with Crippen molar-refractivity contribution in [1.29, 1.82) is 0 Å². The molecule has 4 rings (SSSR count). The van der Waals surface area contributed by atoms with E-state index in [1.54, 1.807) is 11.6 Å². The summed E-state index contributed by atoms with van der Waals surface area (Å²) in [6.45, 7) is 0. The van der Waals surface area contributed by atoms with Crippen LogP contribution in [-0.4, -0.2) is 26.9 Å². The number of benzene rings is 2. The molecule has 0 fully saturated rings. The van der Waals surface area contributed by atoms with Crippen LogP contribution in [0.4, 0.5) is 11.5 Å². The number of fused-ring (bicyclic) bond motifs is 1. The van der Waals surface area contributed by atoms with E-state index >= 15 is 0 Å². The lowest BCUT2D eigenvalue weighted by atomic mass is 10.2. The van der Waals surface area contributed by atoms with Crippen LogP contribution in [0.2, 0.25) is 5.02 Å². The number of rotatable bonds is 4. The highest BCUT2D eigenvalue weighted by atomic mass is 35.5. The van der Waals surface area contributed by atoms with Gasteiger partial charge in [-0.3, -0.25) is 0 Å². The van der Waals surface area contributed by atoms with Gasteiger partial charge in [0.1, 0.15) is 5.75 Å². The lowest BCUT2D eigenvalue weighted by Gasteiger charge is -2.07. The van der Waals surface area contributed by atoms with Crippen molar-refractivity contribution in [2.75, 3.05) is 12.4 Å². The highest BCUT2D eigenvalue weighted by Gasteiger charge is 2.12. The Morgan fingerprint density at radius 2 is 1.76 bits per heavy atom. The SMILES string of the molecule is COc1ccc(Nc2ccc3nnc(-c4ccccc4Cl)n3n2)cc1. The summed E-state index contributed by atoms with van der Waals surface area (Å²) in [6, 6.07) is 18.8. The average molecular weight is 352 g/mol. The number of nitrogens with zero attached hydrogens (tertiary/aromatic N) is 4. The summed E-state index contributed by atoms with van der Waals surface area (Å²) in [6.07, 6.45) is 0. The van der Waals surface area contributed by atoms with Crippen LogP contribution >= 0.6 is 11.6 Å². The van der Waals surface area contributed by atoms with Gasteiger partial charge in [0.2, 0.25) is 0 Å². The molecule has 0 aliphatic heterocycles. The van der Waals surface area contributed by atoms with Crippen LogP contribution in [0.15, 0.2) is 60.7 Å². The van der Waals surface area contributed by atoms with Crippen LogP contribution in [0.5, 0.6) is 5.75 Å². The average Bonchev–Trinajstić information content (AvgIpc) is 3.06. The van der Waals surface area contributed by atoms with Crippen molar-refractivity contribution in [3.05, 3.63) is 65.7 Å². The highest BCUT2D eigenvalue weighted by Crippen LogP contribution is 2.26. The Morgan fingerprint density at radius 3 is 2.52 bits per heavy atom.